The van der Waals surface area contributed by atoms with Gasteiger partial charge in [-0.1, -0.05) is 5.92 Å². The molecule has 0 radical (unpaired) electrons. The van der Waals surface area contributed by atoms with Crippen LogP contribution in [-0.4, -0.2) is 18.1 Å². The molecule has 3 nitrogen and oxygen atoms in total. The maximum absolute atomic E-state index is 4.35. The third kappa shape index (κ3) is 3.83. The molecule has 4 heteroatoms. The van der Waals surface area contributed by atoms with Gasteiger partial charge in [0, 0.05) is 11.4 Å². The van der Waals surface area contributed by atoms with Gasteiger partial charge in [-0.3, -0.25) is 4.90 Å². The van der Waals surface area contributed by atoms with Crippen molar-refractivity contribution in [3.8, 4) is 11.8 Å². The molecule has 0 aliphatic carbocycles. The Balaban J connectivity index is 1.70. The SMILES string of the molecule is Cc1nc(C#Cc2ccc(N3CCCCCC3)[nH+]c2)cs1. The zero-order valence-electron chi connectivity index (χ0n) is 12.4. The topological polar surface area (TPSA) is 30.3 Å². The molecule has 1 saturated heterocycles. The highest BCUT2D eigenvalue weighted by Gasteiger charge is 2.16. The first-order chi connectivity index (χ1) is 10.3. The Bertz CT molecular complexity index is 641. The minimum Gasteiger partial charge on any atom is -0.262 e. The fourth-order valence-electron chi connectivity index (χ4n) is 2.56. The van der Waals surface area contributed by atoms with Crippen LogP contribution >= 0.6 is 11.3 Å². The van der Waals surface area contributed by atoms with Crippen LogP contribution in [0.2, 0.25) is 0 Å². The Hall–Kier alpha value is -1.86. The van der Waals surface area contributed by atoms with E-state index in [1.807, 2.05) is 18.5 Å². The maximum atomic E-state index is 4.35. The first kappa shape index (κ1) is 14.1. The van der Waals surface area contributed by atoms with Gasteiger partial charge in [-0.15, -0.1) is 11.3 Å². The summed E-state index contributed by atoms with van der Waals surface area (Å²) in [7, 11) is 0. The number of anilines is 1. The Morgan fingerprint density at radius 3 is 2.57 bits per heavy atom. The van der Waals surface area contributed by atoms with Crippen molar-refractivity contribution in [2.75, 3.05) is 18.0 Å². The number of nitrogens with zero attached hydrogens (tertiary/aromatic N) is 2. The standard InChI is InChI=1S/C17H19N3S/c1-14-19-16(13-21-14)8-6-15-7-9-17(18-12-15)20-10-4-2-3-5-11-20/h7,9,12-13H,2-5,10-11H2,1H3/p+1. The molecule has 108 valence electrons. The Morgan fingerprint density at radius 2 is 1.95 bits per heavy atom. The molecule has 21 heavy (non-hydrogen) atoms. The van der Waals surface area contributed by atoms with E-state index in [4.69, 9.17) is 0 Å². The predicted molar refractivity (Wildman–Crippen MR) is 86.5 cm³/mol. The van der Waals surface area contributed by atoms with Gasteiger partial charge in [0.15, 0.2) is 0 Å². The molecular weight excluding hydrogens is 278 g/mol. The minimum atomic E-state index is 0.856. The Morgan fingerprint density at radius 1 is 1.14 bits per heavy atom. The molecule has 2 aromatic heterocycles. The average molecular weight is 298 g/mol. The van der Waals surface area contributed by atoms with Gasteiger partial charge in [0.1, 0.15) is 11.9 Å². The summed E-state index contributed by atoms with van der Waals surface area (Å²) in [5, 5.41) is 3.06. The van der Waals surface area contributed by atoms with Crippen molar-refractivity contribution in [2.24, 2.45) is 0 Å². The van der Waals surface area contributed by atoms with Crippen LogP contribution in [0.25, 0.3) is 0 Å². The molecule has 0 bridgehead atoms. The highest BCUT2D eigenvalue weighted by molar-refractivity contribution is 7.09. The number of nitrogens with one attached hydrogen (secondary N) is 1. The number of aryl methyl sites for hydroxylation is 1. The van der Waals surface area contributed by atoms with E-state index in [-0.39, 0.29) is 0 Å². The van der Waals surface area contributed by atoms with E-state index >= 15 is 0 Å². The van der Waals surface area contributed by atoms with Crippen LogP contribution in [0.4, 0.5) is 5.82 Å². The normalized spacial score (nSPS) is 15.2. The highest BCUT2D eigenvalue weighted by atomic mass is 32.1. The van der Waals surface area contributed by atoms with Crippen molar-refractivity contribution in [1.29, 1.82) is 0 Å². The van der Waals surface area contributed by atoms with E-state index in [1.54, 1.807) is 11.3 Å². The van der Waals surface area contributed by atoms with Crippen molar-refractivity contribution in [3.05, 3.63) is 40.0 Å². The lowest BCUT2D eigenvalue weighted by atomic mass is 10.2. The van der Waals surface area contributed by atoms with Gasteiger partial charge in [-0.05, 0) is 44.6 Å². The van der Waals surface area contributed by atoms with Crippen LogP contribution in [0.15, 0.2) is 23.7 Å². The summed E-state index contributed by atoms with van der Waals surface area (Å²) in [6.45, 7) is 4.30. The first-order valence-corrected chi connectivity index (χ1v) is 8.40. The fourth-order valence-corrected chi connectivity index (χ4v) is 3.10. The summed E-state index contributed by atoms with van der Waals surface area (Å²) in [5.74, 6) is 7.47. The molecule has 0 unspecified atom stereocenters. The molecule has 0 aromatic carbocycles. The second kappa shape index (κ2) is 6.73. The molecule has 0 atom stereocenters. The van der Waals surface area contributed by atoms with E-state index < -0.39 is 0 Å². The number of rotatable bonds is 1. The lowest BCUT2D eigenvalue weighted by Gasteiger charge is -2.13. The summed E-state index contributed by atoms with van der Waals surface area (Å²) in [5.41, 5.74) is 1.85. The average Bonchev–Trinajstić information content (AvgIpc) is 2.76. The van der Waals surface area contributed by atoms with Gasteiger partial charge in [0.25, 0.3) is 5.82 Å². The monoisotopic (exact) mass is 298 g/mol. The molecule has 1 N–H and O–H groups in total. The number of H-pyrrole nitrogens is 1. The van der Waals surface area contributed by atoms with Gasteiger partial charge in [-0.25, -0.2) is 9.97 Å². The zero-order valence-corrected chi connectivity index (χ0v) is 13.2. The second-order valence-corrected chi connectivity index (χ2v) is 6.43. The molecule has 1 aliphatic heterocycles. The highest BCUT2D eigenvalue weighted by Crippen LogP contribution is 2.15. The first-order valence-electron chi connectivity index (χ1n) is 7.52. The van der Waals surface area contributed by atoms with Crippen LogP contribution in [0.3, 0.4) is 0 Å². The van der Waals surface area contributed by atoms with Gasteiger partial charge in [0.05, 0.1) is 23.7 Å². The van der Waals surface area contributed by atoms with Crippen molar-refractivity contribution in [2.45, 2.75) is 32.6 Å². The number of hydrogen-bond donors (Lipinski definition) is 0. The molecule has 0 spiro atoms. The van der Waals surface area contributed by atoms with Crippen molar-refractivity contribution in [3.63, 3.8) is 0 Å². The summed E-state index contributed by atoms with van der Waals surface area (Å²) in [6, 6.07) is 4.23. The van der Waals surface area contributed by atoms with Crippen LogP contribution in [-0.2, 0) is 0 Å². The second-order valence-electron chi connectivity index (χ2n) is 5.37. The van der Waals surface area contributed by atoms with Crippen LogP contribution in [0, 0.1) is 18.8 Å². The lowest BCUT2D eigenvalue weighted by molar-refractivity contribution is -0.364. The van der Waals surface area contributed by atoms with Gasteiger partial charge in [-0.2, -0.15) is 0 Å². The third-order valence-electron chi connectivity index (χ3n) is 3.70. The summed E-state index contributed by atoms with van der Waals surface area (Å²) in [6.07, 6.45) is 7.28. The van der Waals surface area contributed by atoms with E-state index in [2.05, 4.69) is 38.8 Å². The van der Waals surface area contributed by atoms with Crippen LogP contribution < -0.4 is 9.88 Å². The number of hydrogen-bond acceptors (Lipinski definition) is 3. The lowest BCUT2D eigenvalue weighted by Crippen LogP contribution is -2.29. The maximum Gasteiger partial charge on any atom is 0.274 e. The number of thiazole rings is 1. The number of aromatic amines is 1. The smallest absolute Gasteiger partial charge is 0.262 e. The van der Waals surface area contributed by atoms with E-state index in [1.165, 1.54) is 31.5 Å². The van der Waals surface area contributed by atoms with Gasteiger partial charge >= 0.3 is 0 Å². The van der Waals surface area contributed by atoms with Crippen LogP contribution in [0.1, 0.15) is 41.9 Å². The molecule has 3 heterocycles. The molecule has 0 amide bonds. The Labute approximate surface area is 130 Å². The van der Waals surface area contributed by atoms with E-state index in [0.717, 1.165) is 29.4 Å². The predicted octanol–water partition coefficient (Wildman–Crippen LogP) is 3.05. The molecule has 1 aliphatic rings. The third-order valence-corrected chi connectivity index (χ3v) is 4.47. The van der Waals surface area contributed by atoms with E-state index in [9.17, 15) is 0 Å². The van der Waals surface area contributed by atoms with Crippen molar-refractivity contribution < 1.29 is 4.98 Å². The molecule has 3 rings (SSSR count). The van der Waals surface area contributed by atoms with Gasteiger partial charge < -0.3 is 0 Å². The van der Waals surface area contributed by atoms with Crippen LogP contribution in [0.5, 0.6) is 0 Å². The number of pyridine rings is 1. The largest absolute Gasteiger partial charge is 0.274 e. The van der Waals surface area contributed by atoms with Crippen molar-refractivity contribution >= 4 is 17.2 Å². The summed E-state index contributed by atoms with van der Waals surface area (Å²) >= 11 is 1.63. The molecule has 2 aromatic rings. The number of aromatic nitrogens is 2. The van der Waals surface area contributed by atoms with E-state index in [0.29, 0.717) is 0 Å². The molecule has 1 fully saturated rings. The quantitative estimate of drug-likeness (QED) is 0.758. The fraction of sp³-hybridized carbons (Fsp3) is 0.412. The van der Waals surface area contributed by atoms with Crippen molar-refractivity contribution in [1.82, 2.24) is 4.98 Å². The molecular formula is C17H20N3S+. The van der Waals surface area contributed by atoms with Gasteiger partial charge in [0.2, 0.25) is 0 Å². The summed E-state index contributed by atoms with van der Waals surface area (Å²) in [4.78, 5) is 10.2. The zero-order chi connectivity index (χ0) is 14.5. The Kier molecular flexibility index (Phi) is 4.52. The minimum absolute atomic E-state index is 0.856. The summed E-state index contributed by atoms with van der Waals surface area (Å²) < 4.78 is 0. The molecule has 0 saturated carbocycles.